The van der Waals surface area contributed by atoms with Crippen LogP contribution in [0.15, 0.2) is 34.9 Å². The van der Waals surface area contributed by atoms with E-state index < -0.39 is 22.4 Å². The van der Waals surface area contributed by atoms with E-state index in [-0.39, 0.29) is 24.0 Å². The van der Waals surface area contributed by atoms with Crippen LogP contribution in [0.5, 0.6) is 0 Å². The largest absolute Gasteiger partial charge is 0.443 e. The number of non-ortho nitro benzene ring substituents is 1. The number of nitro groups is 1. The average molecular weight is 358 g/mol. The van der Waals surface area contributed by atoms with E-state index in [1.165, 1.54) is 24.3 Å². The number of carbonyl (C=O) groups excluding carboxylic acids is 2. The summed E-state index contributed by atoms with van der Waals surface area (Å²) in [6, 6.07) is 4.95. The molecule has 136 valence electrons. The Hall–Kier alpha value is -3.23. The molecule has 1 fully saturated rings. The molecule has 0 saturated carbocycles. The summed E-state index contributed by atoms with van der Waals surface area (Å²) in [5.74, 6) is 0.612. The van der Waals surface area contributed by atoms with Crippen LogP contribution in [0.2, 0.25) is 0 Å². The summed E-state index contributed by atoms with van der Waals surface area (Å²) in [5.41, 5.74) is -0.939. The van der Waals surface area contributed by atoms with Crippen molar-refractivity contribution in [1.82, 2.24) is 15.2 Å². The van der Waals surface area contributed by atoms with Gasteiger partial charge in [0.1, 0.15) is 17.8 Å². The number of rotatable bonds is 5. The van der Waals surface area contributed by atoms with Gasteiger partial charge in [-0.25, -0.2) is 9.78 Å². The average Bonchev–Trinajstić information content (AvgIpc) is 3.15. The van der Waals surface area contributed by atoms with Gasteiger partial charge in [0.15, 0.2) is 0 Å². The molecule has 0 bridgehead atoms. The molecule has 0 aliphatic carbocycles. The minimum Gasteiger partial charge on any atom is -0.443 e. The quantitative estimate of drug-likeness (QED) is 0.499. The van der Waals surface area contributed by atoms with Gasteiger partial charge in [-0.15, -0.1) is 0 Å². The van der Waals surface area contributed by atoms with Crippen molar-refractivity contribution in [3.8, 4) is 0 Å². The number of urea groups is 1. The smallest absolute Gasteiger partial charge is 0.325 e. The zero-order chi connectivity index (χ0) is 19.1. The topological polar surface area (TPSA) is 119 Å². The van der Waals surface area contributed by atoms with E-state index in [0.717, 1.165) is 4.90 Å². The summed E-state index contributed by atoms with van der Waals surface area (Å²) in [5, 5.41) is 13.4. The highest BCUT2D eigenvalue weighted by Crippen LogP contribution is 2.31. The molecule has 1 atom stereocenters. The van der Waals surface area contributed by atoms with Gasteiger partial charge in [-0.2, -0.15) is 0 Å². The lowest BCUT2D eigenvalue weighted by molar-refractivity contribution is -0.384. The van der Waals surface area contributed by atoms with Crippen molar-refractivity contribution in [2.75, 3.05) is 0 Å². The lowest BCUT2D eigenvalue weighted by atomic mass is 9.92. The van der Waals surface area contributed by atoms with E-state index >= 15 is 0 Å². The van der Waals surface area contributed by atoms with Gasteiger partial charge < -0.3 is 9.73 Å². The van der Waals surface area contributed by atoms with Gasteiger partial charge in [0.25, 0.3) is 11.6 Å². The molecule has 2 heterocycles. The van der Waals surface area contributed by atoms with Crippen LogP contribution < -0.4 is 5.32 Å². The first-order valence-electron chi connectivity index (χ1n) is 8.06. The van der Waals surface area contributed by atoms with Gasteiger partial charge in [-0.3, -0.25) is 19.8 Å². The van der Waals surface area contributed by atoms with Gasteiger partial charge in [-0.05, 0) is 24.6 Å². The first kappa shape index (κ1) is 17.6. The van der Waals surface area contributed by atoms with Crippen molar-refractivity contribution in [3.63, 3.8) is 0 Å². The normalized spacial score (nSPS) is 19.9. The number of nitrogens with zero attached hydrogens (tertiary/aromatic N) is 3. The van der Waals surface area contributed by atoms with Crippen molar-refractivity contribution in [2.45, 2.75) is 38.8 Å². The number of nitro benzene ring substituents is 1. The summed E-state index contributed by atoms with van der Waals surface area (Å²) in [4.78, 5) is 40.5. The molecule has 9 heteroatoms. The number of aromatic nitrogens is 1. The Labute approximate surface area is 149 Å². The molecule has 3 amide bonds. The molecule has 0 spiro atoms. The van der Waals surface area contributed by atoms with E-state index in [9.17, 15) is 19.7 Å². The molecule has 1 aliphatic rings. The molecular weight excluding hydrogens is 340 g/mol. The van der Waals surface area contributed by atoms with Crippen LogP contribution in [0.1, 0.15) is 43.9 Å². The van der Waals surface area contributed by atoms with E-state index in [1.54, 1.807) is 13.1 Å². The van der Waals surface area contributed by atoms with Crippen LogP contribution in [0.25, 0.3) is 0 Å². The first-order valence-corrected chi connectivity index (χ1v) is 8.06. The zero-order valence-electron chi connectivity index (χ0n) is 14.6. The molecule has 1 aromatic heterocycles. The molecule has 1 saturated heterocycles. The monoisotopic (exact) mass is 358 g/mol. The number of amides is 3. The van der Waals surface area contributed by atoms with Crippen LogP contribution >= 0.6 is 0 Å². The molecule has 3 rings (SSSR count). The highest BCUT2D eigenvalue weighted by Gasteiger charge is 2.49. The fraction of sp³-hybridized carbons (Fsp3) is 0.353. The van der Waals surface area contributed by atoms with Crippen molar-refractivity contribution in [3.05, 3.63) is 57.8 Å². The van der Waals surface area contributed by atoms with E-state index in [2.05, 4.69) is 10.3 Å². The van der Waals surface area contributed by atoms with Crippen LogP contribution in [0.3, 0.4) is 0 Å². The summed E-state index contributed by atoms with van der Waals surface area (Å²) < 4.78 is 5.56. The first-order chi connectivity index (χ1) is 12.2. The van der Waals surface area contributed by atoms with Gasteiger partial charge in [0.2, 0.25) is 5.89 Å². The minimum absolute atomic E-state index is 0.0834. The second kappa shape index (κ2) is 6.25. The Balaban J connectivity index is 1.83. The molecule has 9 nitrogen and oxygen atoms in total. The standard InChI is InChI=1S/C17H18N4O5/c1-10(2)13-8-18-14(26-13)9-20-15(22)17(3,19-16(20)23)11-4-6-12(7-5-11)21(24)25/h4-8,10H,9H2,1-3H3,(H,19,23). The number of oxazole rings is 1. The van der Waals surface area contributed by atoms with E-state index in [1.807, 2.05) is 13.8 Å². The summed E-state index contributed by atoms with van der Waals surface area (Å²) in [7, 11) is 0. The molecule has 1 unspecified atom stereocenters. The molecule has 1 aromatic carbocycles. The predicted molar refractivity (Wildman–Crippen MR) is 90.1 cm³/mol. The third-order valence-electron chi connectivity index (χ3n) is 4.36. The summed E-state index contributed by atoms with van der Waals surface area (Å²) in [6.07, 6.45) is 1.58. The number of benzene rings is 1. The number of hydrogen-bond acceptors (Lipinski definition) is 6. The van der Waals surface area contributed by atoms with Crippen molar-refractivity contribution in [1.29, 1.82) is 0 Å². The fourth-order valence-corrected chi connectivity index (χ4v) is 2.75. The number of imide groups is 1. The zero-order valence-corrected chi connectivity index (χ0v) is 14.6. The Bertz CT molecular complexity index is 874. The summed E-state index contributed by atoms with van der Waals surface area (Å²) >= 11 is 0. The van der Waals surface area contributed by atoms with Crippen LogP contribution in [0.4, 0.5) is 10.5 Å². The maximum absolute atomic E-state index is 12.8. The molecule has 0 radical (unpaired) electrons. The highest BCUT2D eigenvalue weighted by molar-refractivity contribution is 6.07. The Morgan fingerprint density at radius 2 is 1.96 bits per heavy atom. The SMILES string of the molecule is CC(C)c1cnc(CN2C(=O)NC(C)(c3ccc([N+](=O)[O-])cc3)C2=O)o1. The Kier molecular flexibility index (Phi) is 4.23. The van der Waals surface area contributed by atoms with Crippen LogP contribution in [-0.2, 0) is 16.9 Å². The Morgan fingerprint density at radius 1 is 1.31 bits per heavy atom. The number of hydrogen-bond donors (Lipinski definition) is 1. The Morgan fingerprint density at radius 3 is 2.50 bits per heavy atom. The van der Waals surface area contributed by atoms with E-state index in [4.69, 9.17) is 4.42 Å². The fourth-order valence-electron chi connectivity index (χ4n) is 2.75. The summed E-state index contributed by atoms with van der Waals surface area (Å²) in [6.45, 7) is 5.37. The van der Waals surface area contributed by atoms with E-state index in [0.29, 0.717) is 11.3 Å². The molecule has 26 heavy (non-hydrogen) atoms. The van der Waals surface area contributed by atoms with Crippen LogP contribution in [0, 0.1) is 10.1 Å². The van der Waals surface area contributed by atoms with Gasteiger partial charge in [-0.1, -0.05) is 13.8 Å². The number of nitrogens with one attached hydrogen (secondary N) is 1. The molecule has 1 N–H and O–H groups in total. The molecular formula is C17H18N4O5. The molecule has 2 aromatic rings. The van der Waals surface area contributed by atoms with Crippen molar-refractivity contribution >= 4 is 17.6 Å². The van der Waals surface area contributed by atoms with Crippen LogP contribution in [-0.4, -0.2) is 26.7 Å². The number of carbonyl (C=O) groups is 2. The lowest BCUT2D eigenvalue weighted by Gasteiger charge is -2.21. The second-order valence-corrected chi connectivity index (χ2v) is 6.56. The predicted octanol–water partition coefficient (Wildman–Crippen LogP) is 2.67. The van der Waals surface area contributed by atoms with Gasteiger partial charge in [0, 0.05) is 18.1 Å². The molecule has 1 aliphatic heterocycles. The maximum atomic E-state index is 12.8. The third kappa shape index (κ3) is 2.92. The third-order valence-corrected chi connectivity index (χ3v) is 4.36. The lowest BCUT2D eigenvalue weighted by Crippen LogP contribution is -2.40. The highest BCUT2D eigenvalue weighted by atomic mass is 16.6. The maximum Gasteiger partial charge on any atom is 0.325 e. The van der Waals surface area contributed by atoms with Gasteiger partial charge in [0.05, 0.1) is 11.1 Å². The second-order valence-electron chi connectivity index (χ2n) is 6.56. The van der Waals surface area contributed by atoms with Crippen molar-refractivity contribution in [2.24, 2.45) is 0 Å². The van der Waals surface area contributed by atoms with Gasteiger partial charge >= 0.3 is 6.03 Å². The minimum atomic E-state index is -1.31. The van der Waals surface area contributed by atoms with Crippen molar-refractivity contribution < 1.29 is 18.9 Å².